The second-order valence-corrected chi connectivity index (χ2v) is 7.99. The van der Waals surface area contributed by atoms with Crippen LogP contribution in [0.5, 0.6) is 0 Å². The minimum absolute atomic E-state index is 0.0170. The number of aryl methyl sites for hydroxylation is 2. The molecule has 1 amide bonds. The molecule has 2 aromatic carbocycles. The van der Waals surface area contributed by atoms with E-state index in [9.17, 15) is 9.90 Å². The Morgan fingerprint density at radius 2 is 1.97 bits per heavy atom. The number of nitrogens with one attached hydrogen (secondary N) is 1. The summed E-state index contributed by atoms with van der Waals surface area (Å²) >= 11 is 6.24. The molecule has 1 aromatic heterocycles. The standard InChI is InChI=1S/C23H21ClN4O2/c1-13-7-14(2)19(8-18(13)21-22(24)27-20(12-29)26-21)23(30)28-10-17(11-28)16-5-3-15(9-25)4-6-16/h3-8,17,29H,10-12H2,1-2H3,(H,26,27). The number of nitriles is 1. The molecule has 3 aromatic rings. The van der Waals surface area contributed by atoms with Gasteiger partial charge in [-0.1, -0.05) is 29.8 Å². The first-order valence-corrected chi connectivity index (χ1v) is 10.0. The summed E-state index contributed by atoms with van der Waals surface area (Å²) in [5.74, 6) is 0.647. The van der Waals surface area contributed by atoms with Gasteiger partial charge in [0.2, 0.25) is 0 Å². The number of nitrogens with zero attached hydrogens (tertiary/aromatic N) is 3. The summed E-state index contributed by atoms with van der Waals surface area (Å²) in [4.78, 5) is 22.1. The summed E-state index contributed by atoms with van der Waals surface area (Å²) in [6, 6.07) is 13.5. The number of hydrogen-bond donors (Lipinski definition) is 2. The Bertz CT molecular complexity index is 1160. The third-order valence-corrected chi connectivity index (χ3v) is 5.88. The molecule has 4 rings (SSSR count). The van der Waals surface area contributed by atoms with E-state index in [2.05, 4.69) is 16.0 Å². The number of aliphatic hydroxyl groups excluding tert-OH is 1. The molecule has 0 spiro atoms. The van der Waals surface area contributed by atoms with Gasteiger partial charge >= 0.3 is 0 Å². The van der Waals surface area contributed by atoms with E-state index in [1.807, 2.05) is 55.1 Å². The van der Waals surface area contributed by atoms with E-state index >= 15 is 0 Å². The molecule has 0 unspecified atom stereocenters. The predicted octanol–water partition coefficient (Wildman–Crippen LogP) is 3.95. The van der Waals surface area contributed by atoms with Crippen LogP contribution in [-0.4, -0.2) is 39.0 Å². The number of halogens is 1. The molecule has 6 nitrogen and oxygen atoms in total. The van der Waals surface area contributed by atoms with Crippen LogP contribution in [-0.2, 0) is 6.61 Å². The molecular formula is C23H21ClN4O2. The molecule has 2 heterocycles. The summed E-state index contributed by atoms with van der Waals surface area (Å²) in [5, 5.41) is 18.5. The zero-order valence-corrected chi connectivity index (χ0v) is 17.5. The van der Waals surface area contributed by atoms with Gasteiger partial charge in [0.25, 0.3) is 5.91 Å². The SMILES string of the molecule is Cc1cc(C)c(-c2[nH]c(CO)nc2Cl)cc1C(=O)N1CC(c2ccc(C#N)cc2)C1. The lowest BCUT2D eigenvalue weighted by molar-refractivity contribution is 0.0601. The second kappa shape index (κ2) is 7.94. The fraction of sp³-hybridized carbons (Fsp3) is 0.261. The molecule has 1 fully saturated rings. The van der Waals surface area contributed by atoms with E-state index in [4.69, 9.17) is 16.9 Å². The Morgan fingerprint density at radius 3 is 2.57 bits per heavy atom. The lowest BCUT2D eigenvalue weighted by Crippen LogP contribution is -2.48. The highest BCUT2D eigenvalue weighted by atomic mass is 35.5. The molecule has 1 aliphatic rings. The van der Waals surface area contributed by atoms with Crippen molar-refractivity contribution in [1.29, 1.82) is 5.26 Å². The topological polar surface area (TPSA) is 93.0 Å². The van der Waals surface area contributed by atoms with Crippen LogP contribution in [0, 0.1) is 25.2 Å². The van der Waals surface area contributed by atoms with Gasteiger partial charge in [-0.2, -0.15) is 5.26 Å². The molecule has 1 saturated heterocycles. The van der Waals surface area contributed by atoms with Crippen molar-refractivity contribution in [1.82, 2.24) is 14.9 Å². The van der Waals surface area contributed by atoms with Crippen molar-refractivity contribution >= 4 is 17.5 Å². The van der Waals surface area contributed by atoms with Crippen molar-refractivity contribution in [2.45, 2.75) is 26.4 Å². The lowest BCUT2D eigenvalue weighted by Gasteiger charge is -2.40. The fourth-order valence-electron chi connectivity index (χ4n) is 3.86. The van der Waals surface area contributed by atoms with Gasteiger partial charge in [0, 0.05) is 30.1 Å². The maximum absolute atomic E-state index is 13.2. The Labute approximate surface area is 179 Å². The van der Waals surface area contributed by atoms with Crippen molar-refractivity contribution in [2.24, 2.45) is 0 Å². The first-order chi connectivity index (χ1) is 14.4. The number of rotatable bonds is 4. The largest absolute Gasteiger partial charge is 0.388 e. The van der Waals surface area contributed by atoms with Crippen molar-refractivity contribution in [3.63, 3.8) is 0 Å². The second-order valence-electron chi connectivity index (χ2n) is 7.63. The van der Waals surface area contributed by atoms with E-state index in [1.54, 1.807) is 0 Å². The number of aromatic amines is 1. The van der Waals surface area contributed by atoms with Crippen LogP contribution in [0.1, 0.15) is 44.4 Å². The minimum Gasteiger partial charge on any atom is -0.388 e. The smallest absolute Gasteiger partial charge is 0.254 e. The Hall–Kier alpha value is -3.14. The first kappa shape index (κ1) is 20.1. The quantitative estimate of drug-likeness (QED) is 0.668. The average Bonchev–Trinajstić information content (AvgIpc) is 3.08. The van der Waals surface area contributed by atoms with Crippen LogP contribution in [0.4, 0.5) is 0 Å². The predicted molar refractivity (Wildman–Crippen MR) is 114 cm³/mol. The molecule has 0 bridgehead atoms. The van der Waals surface area contributed by atoms with Crippen molar-refractivity contribution in [2.75, 3.05) is 13.1 Å². The number of aliphatic hydroxyl groups is 1. The van der Waals surface area contributed by atoms with E-state index in [1.165, 1.54) is 0 Å². The number of aromatic nitrogens is 2. The van der Waals surface area contributed by atoms with Gasteiger partial charge in [-0.25, -0.2) is 4.98 Å². The average molecular weight is 421 g/mol. The van der Waals surface area contributed by atoms with Gasteiger partial charge in [0.15, 0.2) is 5.15 Å². The van der Waals surface area contributed by atoms with E-state index in [0.29, 0.717) is 35.7 Å². The van der Waals surface area contributed by atoms with Crippen LogP contribution in [0.25, 0.3) is 11.3 Å². The van der Waals surface area contributed by atoms with Crippen LogP contribution in [0.3, 0.4) is 0 Å². The van der Waals surface area contributed by atoms with Gasteiger partial charge in [0.05, 0.1) is 17.3 Å². The fourth-order valence-corrected chi connectivity index (χ4v) is 4.11. The first-order valence-electron chi connectivity index (χ1n) is 9.67. The Balaban J connectivity index is 1.56. The molecule has 2 N–H and O–H groups in total. The van der Waals surface area contributed by atoms with Crippen molar-refractivity contribution < 1.29 is 9.90 Å². The lowest BCUT2D eigenvalue weighted by atomic mass is 9.89. The van der Waals surface area contributed by atoms with E-state index in [-0.39, 0.29) is 23.6 Å². The van der Waals surface area contributed by atoms with Crippen LogP contribution in [0.15, 0.2) is 36.4 Å². The number of carbonyl (C=O) groups is 1. The van der Waals surface area contributed by atoms with Gasteiger partial charge in [-0.05, 0) is 48.7 Å². The summed E-state index contributed by atoms with van der Waals surface area (Å²) in [6.45, 7) is 4.94. The molecule has 0 radical (unpaired) electrons. The van der Waals surface area contributed by atoms with Crippen LogP contribution < -0.4 is 0 Å². The Kier molecular flexibility index (Phi) is 5.33. The molecule has 7 heteroatoms. The zero-order valence-electron chi connectivity index (χ0n) is 16.7. The number of benzene rings is 2. The highest BCUT2D eigenvalue weighted by Gasteiger charge is 2.33. The molecule has 30 heavy (non-hydrogen) atoms. The molecule has 1 aliphatic heterocycles. The molecule has 0 aliphatic carbocycles. The third kappa shape index (κ3) is 3.58. The van der Waals surface area contributed by atoms with Gasteiger partial charge < -0.3 is 15.0 Å². The van der Waals surface area contributed by atoms with Crippen LogP contribution >= 0.6 is 11.6 Å². The molecule has 152 valence electrons. The summed E-state index contributed by atoms with van der Waals surface area (Å²) in [6.07, 6.45) is 0. The summed E-state index contributed by atoms with van der Waals surface area (Å²) in [5.41, 5.74) is 5.68. The normalized spacial score (nSPS) is 13.8. The Morgan fingerprint density at radius 1 is 1.27 bits per heavy atom. The van der Waals surface area contributed by atoms with Gasteiger partial charge in [-0.3, -0.25) is 4.79 Å². The zero-order chi connectivity index (χ0) is 21.4. The maximum Gasteiger partial charge on any atom is 0.254 e. The molecule has 0 saturated carbocycles. The highest BCUT2D eigenvalue weighted by Crippen LogP contribution is 2.33. The summed E-state index contributed by atoms with van der Waals surface area (Å²) in [7, 11) is 0. The van der Waals surface area contributed by atoms with Crippen molar-refractivity contribution in [3.8, 4) is 17.3 Å². The van der Waals surface area contributed by atoms with Gasteiger partial charge in [-0.15, -0.1) is 0 Å². The van der Waals surface area contributed by atoms with Crippen LogP contribution in [0.2, 0.25) is 5.15 Å². The molecule has 0 atom stereocenters. The number of likely N-dealkylation sites (tertiary alicyclic amines) is 1. The number of H-pyrrole nitrogens is 1. The summed E-state index contributed by atoms with van der Waals surface area (Å²) < 4.78 is 0. The number of carbonyl (C=O) groups excluding carboxylic acids is 1. The highest BCUT2D eigenvalue weighted by molar-refractivity contribution is 6.32. The maximum atomic E-state index is 13.2. The number of amides is 1. The molecular weight excluding hydrogens is 400 g/mol. The third-order valence-electron chi connectivity index (χ3n) is 5.61. The monoisotopic (exact) mass is 420 g/mol. The number of hydrogen-bond acceptors (Lipinski definition) is 4. The minimum atomic E-state index is -0.235. The van der Waals surface area contributed by atoms with E-state index < -0.39 is 0 Å². The van der Waals surface area contributed by atoms with Crippen molar-refractivity contribution in [3.05, 3.63) is 75.2 Å². The van der Waals surface area contributed by atoms with Gasteiger partial charge in [0.1, 0.15) is 12.4 Å². The van der Waals surface area contributed by atoms with E-state index in [0.717, 1.165) is 22.3 Å². The number of imidazole rings is 1.